The second-order valence-electron chi connectivity index (χ2n) is 11.9. The third-order valence-electron chi connectivity index (χ3n) is 7.62. The molecular weight excluding hydrogens is 518 g/mol. The number of aromatic nitrogens is 4. The summed E-state index contributed by atoms with van der Waals surface area (Å²) in [7, 11) is -2.00. The number of imidazole rings is 1. The van der Waals surface area contributed by atoms with Crippen LogP contribution in [0.25, 0.3) is 5.65 Å². The lowest BCUT2D eigenvalue weighted by Gasteiger charge is -2.37. The third kappa shape index (κ3) is 5.70. The molecule has 12 heteroatoms. The fourth-order valence-electron chi connectivity index (χ4n) is 4.53. The highest BCUT2D eigenvalue weighted by Gasteiger charge is 2.57. The topological polar surface area (TPSA) is 118 Å². The SMILES string of the molecule is CC1(C)O[C@@H]2[C@H](O1)[C@@H](CO[Si](C)(C)C(C)(C)C)O[C@H]2c1cnc2c(NC(=O)OCc3ccccc3)ncnn12. The first-order chi connectivity index (χ1) is 18.3. The summed E-state index contributed by atoms with van der Waals surface area (Å²) in [4.78, 5) is 21.2. The van der Waals surface area contributed by atoms with Crippen molar-refractivity contribution in [2.45, 2.75) is 89.6 Å². The largest absolute Gasteiger partial charge is 0.444 e. The molecule has 0 radical (unpaired) electrons. The van der Waals surface area contributed by atoms with E-state index in [1.165, 1.54) is 6.33 Å². The van der Waals surface area contributed by atoms with E-state index in [9.17, 15) is 4.79 Å². The molecule has 210 valence electrons. The second kappa shape index (κ2) is 10.2. The van der Waals surface area contributed by atoms with Crippen molar-refractivity contribution in [2.24, 2.45) is 0 Å². The van der Waals surface area contributed by atoms with E-state index < -0.39 is 26.3 Å². The molecule has 2 fully saturated rings. The molecule has 11 nitrogen and oxygen atoms in total. The summed E-state index contributed by atoms with van der Waals surface area (Å²) in [5.74, 6) is -0.539. The molecule has 5 rings (SSSR count). The summed E-state index contributed by atoms with van der Waals surface area (Å²) in [5.41, 5.74) is 1.91. The van der Waals surface area contributed by atoms with E-state index in [1.807, 2.05) is 44.2 Å². The number of nitrogens with one attached hydrogen (secondary N) is 1. The van der Waals surface area contributed by atoms with E-state index >= 15 is 0 Å². The summed E-state index contributed by atoms with van der Waals surface area (Å²) >= 11 is 0. The van der Waals surface area contributed by atoms with Gasteiger partial charge >= 0.3 is 6.09 Å². The Balaban J connectivity index is 1.34. The van der Waals surface area contributed by atoms with Crippen LogP contribution in [-0.4, -0.2) is 64.7 Å². The van der Waals surface area contributed by atoms with E-state index in [1.54, 1.807) is 10.7 Å². The molecule has 0 saturated carbocycles. The van der Waals surface area contributed by atoms with Gasteiger partial charge in [0.1, 0.15) is 37.4 Å². The first-order valence-electron chi connectivity index (χ1n) is 13.2. The Bertz CT molecular complexity index is 1330. The Morgan fingerprint density at radius 1 is 1.13 bits per heavy atom. The average Bonchev–Trinajstić information content (AvgIpc) is 3.52. The number of rotatable bonds is 7. The minimum absolute atomic E-state index is 0.0704. The first kappa shape index (κ1) is 27.7. The van der Waals surface area contributed by atoms with Crippen molar-refractivity contribution in [3.05, 3.63) is 54.1 Å². The van der Waals surface area contributed by atoms with Crippen molar-refractivity contribution < 1.29 is 28.2 Å². The van der Waals surface area contributed by atoms with Crippen LogP contribution in [0.2, 0.25) is 18.1 Å². The number of amides is 1. The van der Waals surface area contributed by atoms with Crippen molar-refractivity contribution >= 4 is 25.9 Å². The predicted molar refractivity (Wildman–Crippen MR) is 146 cm³/mol. The molecule has 3 aromatic rings. The van der Waals surface area contributed by atoms with Gasteiger partial charge in [-0.05, 0) is 37.5 Å². The van der Waals surface area contributed by atoms with Crippen LogP contribution in [0.15, 0.2) is 42.9 Å². The van der Waals surface area contributed by atoms with Crippen LogP contribution in [0.1, 0.15) is 52.0 Å². The molecule has 2 aliphatic heterocycles. The highest BCUT2D eigenvalue weighted by atomic mass is 28.4. The van der Waals surface area contributed by atoms with Crippen LogP contribution in [0, 0.1) is 0 Å². The zero-order valence-corrected chi connectivity index (χ0v) is 24.5. The lowest BCUT2D eigenvalue weighted by atomic mass is 10.1. The molecule has 2 aromatic heterocycles. The van der Waals surface area contributed by atoms with Crippen molar-refractivity contribution in [1.82, 2.24) is 19.6 Å². The number of benzene rings is 1. The number of ether oxygens (including phenoxy) is 4. The van der Waals surface area contributed by atoms with Gasteiger partial charge in [-0.25, -0.2) is 19.3 Å². The third-order valence-corrected chi connectivity index (χ3v) is 12.1. The Kier molecular flexibility index (Phi) is 7.27. The Morgan fingerprint density at radius 3 is 2.56 bits per heavy atom. The second-order valence-corrected chi connectivity index (χ2v) is 16.8. The monoisotopic (exact) mass is 555 g/mol. The van der Waals surface area contributed by atoms with Crippen molar-refractivity contribution in [2.75, 3.05) is 11.9 Å². The highest BCUT2D eigenvalue weighted by Crippen LogP contribution is 2.46. The fourth-order valence-corrected chi connectivity index (χ4v) is 5.55. The predicted octanol–water partition coefficient (Wildman–Crippen LogP) is 4.85. The molecule has 39 heavy (non-hydrogen) atoms. The van der Waals surface area contributed by atoms with Crippen LogP contribution in [-0.2, 0) is 30.0 Å². The maximum atomic E-state index is 12.5. The maximum absolute atomic E-state index is 12.5. The van der Waals surface area contributed by atoms with Gasteiger partial charge in [0.2, 0.25) is 0 Å². The Morgan fingerprint density at radius 2 is 1.85 bits per heavy atom. The van der Waals surface area contributed by atoms with E-state index in [0.717, 1.165) is 5.56 Å². The van der Waals surface area contributed by atoms with E-state index in [4.69, 9.17) is 23.4 Å². The Labute approximate surface area is 229 Å². The summed E-state index contributed by atoms with van der Waals surface area (Å²) < 4.78 is 32.5. The number of hydrogen-bond donors (Lipinski definition) is 1. The van der Waals surface area contributed by atoms with E-state index in [2.05, 4.69) is 54.2 Å². The van der Waals surface area contributed by atoms with Gasteiger partial charge in [-0.2, -0.15) is 5.10 Å². The summed E-state index contributed by atoms with van der Waals surface area (Å²) in [6, 6.07) is 9.44. The molecule has 0 unspecified atom stereocenters. The average molecular weight is 556 g/mol. The number of anilines is 1. The molecule has 0 aliphatic carbocycles. The minimum atomic E-state index is -2.00. The van der Waals surface area contributed by atoms with Gasteiger partial charge in [0.15, 0.2) is 25.6 Å². The zero-order chi connectivity index (χ0) is 28.0. The van der Waals surface area contributed by atoms with E-state index in [0.29, 0.717) is 17.9 Å². The minimum Gasteiger partial charge on any atom is -0.444 e. The number of fused-ring (bicyclic) bond motifs is 2. The fraction of sp³-hybridized carbons (Fsp3) is 0.556. The normalized spacial score (nSPS) is 24.6. The molecule has 2 saturated heterocycles. The number of nitrogens with zero attached hydrogens (tertiary/aromatic N) is 4. The van der Waals surface area contributed by atoms with Crippen molar-refractivity contribution in [3.8, 4) is 0 Å². The van der Waals surface area contributed by atoms with Gasteiger partial charge in [-0.15, -0.1) is 0 Å². The highest BCUT2D eigenvalue weighted by molar-refractivity contribution is 6.74. The zero-order valence-electron chi connectivity index (χ0n) is 23.5. The van der Waals surface area contributed by atoms with Gasteiger partial charge < -0.3 is 23.4 Å². The van der Waals surface area contributed by atoms with Crippen molar-refractivity contribution in [1.29, 1.82) is 0 Å². The quantitative estimate of drug-likeness (QED) is 0.408. The summed E-state index contributed by atoms with van der Waals surface area (Å²) in [5, 5.41) is 7.13. The number of carbonyl (C=O) groups excluding carboxylic acids is 1. The molecule has 1 aromatic carbocycles. The van der Waals surface area contributed by atoms with Crippen molar-refractivity contribution in [3.63, 3.8) is 0 Å². The summed E-state index contributed by atoms with van der Waals surface area (Å²) in [6.07, 6.45) is 0.853. The molecule has 0 spiro atoms. The Hall–Kier alpha value is -2.90. The van der Waals surface area contributed by atoms with Crippen LogP contribution < -0.4 is 5.32 Å². The smallest absolute Gasteiger partial charge is 0.413 e. The number of hydrogen-bond acceptors (Lipinski definition) is 9. The number of carbonyl (C=O) groups is 1. The lowest BCUT2D eigenvalue weighted by Crippen LogP contribution is -2.44. The first-order valence-corrected chi connectivity index (χ1v) is 16.1. The molecule has 4 heterocycles. The summed E-state index contributed by atoms with van der Waals surface area (Å²) in [6.45, 7) is 15.4. The van der Waals surface area contributed by atoms with Crippen LogP contribution in [0.5, 0.6) is 0 Å². The van der Waals surface area contributed by atoms with E-state index in [-0.39, 0.29) is 35.8 Å². The van der Waals surface area contributed by atoms with Crippen LogP contribution >= 0.6 is 0 Å². The molecule has 0 bridgehead atoms. The molecule has 2 aliphatic rings. The molecule has 1 amide bonds. The van der Waals surface area contributed by atoms with Gasteiger partial charge in [0.25, 0.3) is 0 Å². The van der Waals surface area contributed by atoms with Crippen LogP contribution in [0.3, 0.4) is 0 Å². The molecule has 4 atom stereocenters. The standard InChI is InChI=1S/C27H37N5O6Si/c1-26(2,3)39(6,7)35-15-19-21-22(38-27(4,5)37-21)20(36-19)18-13-28-24-23(29-16-30-32(18)24)31-25(33)34-14-17-11-9-8-10-12-17/h8-13,16,19-22H,14-15H2,1-7H3,(H,29,30,31,33)/t19-,20+,21-,22+/m1/s1. The molecular formula is C27H37N5O6Si. The van der Waals surface area contributed by atoms with Crippen LogP contribution in [0.4, 0.5) is 10.6 Å². The van der Waals surface area contributed by atoms with Gasteiger partial charge in [0, 0.05) is 0 Å². The maximum Gasteiger partial charge on any atom is 0.413 e. The lowest BCUT2D eigenvalue weighted by molar-refractivity contribution is -0.191. The van der Waals surface area contributed by atoms with Gasteiger partial charge in [0.05, 0.1) is 18.5 Å². The van der Waals surface area contributed by atoms with Gasteiger partial charge in [-0.1, -0.05) is 51.1 Å². The van der Waals surface area contributed by atoms with Gasteiger partial charge in [-0.3, -0.25) is 5.32 Å². The molecule has 1 N–H and O–H groups in total.